The summed E-state index contributed by atoms with van der Waals surface area (Å²) < 4.78 is 5.40. The molecule has 0 aliphatic heterocycles. The minimum Gasteiger partial charge on any atom is -0.481 e. The molecule has 0 saturated heterocycles. The van der Waals surface area contributed by atoms with Crippen molar-refractivity contribution in [3.05, 3.63) is 65.5 Å². The molecule has 0 spiro atoms. The summed E-state index contributed by atoms with van der Waals surface area (Å²) in [5, 5.41) is 20.2. The Balaban J connectivity index is 1.42. The molecule has 0 fully saturated rings. The summed E-state index contributed by atoms with van der Waals surface area (Å²) in [6.45, 7) is 1.69. The third-order valence-electron chi connectivity index (χ3n) is 5.16. The molecule has 1 aliphatic rings. The highest BCUT2D eigenvalue weighted by molar-refractivity contribution is 5.97. The third kappa shape index (κ3) is 4.43. The van der Waals surface area contributed by atoms with E-state index in [9.17, 15) is 14.4 Å². The van der Waals surface area contributed by atoms with Crippen molar-refractivity contribution >= 4 is 23.9 Å². The van der Waals surface area contributed by atoms with Crippen LogP contribution in [0.15, 0.2) is 48.5 Å². The first-order chi connectivity index (χ1) is 15.4. The number of carboxylic acids is 1. The van der Waals surface area contributed by atoms with Crippen LogP contribution < -0.4 is 10.6 Å². The molecule has 0 bridgehead atoms. The van der Waals surface area contributed by atoms with E-state index in [1.807, 2.05) is 48.5 Å². The lowest BCUT2D eigenvalue weighted by molar-refractivity contribution is -0.139. The molecule has 2 amide bonds. The van der Waals surface area contributed by atoms with E-state index >= 15 is 0 Å². The number of carbonyl (C=O) groups is 3. The molecule has 164 valence electrons. The summed E-state index contributed by atoms with van der Waals surface area (Å²) in [6, 6.07) is 14.4. The van der Waals surface area contributed by atoms with Crippen LogP contribution in [0.25, 0.3) is 11.1 Å². The number of H-pyrrole nitrogens is 1. The summed E-state index contributed by atoms with van der Waals surface area (Å²) in [6.07, 6.45) is -1.51. The number of carboxylic acid groups (broad SMARTS) is 1. The van der Waals surface area contributed by atoms with Crippen molar-refractivity contribution in [2.24, 2.45) is 0 Å². The van der Waals surface area contributed by atoms with Crippen LogP contribution >= 0.6 is 0 Å². The zero-order valence-corrected chi connectivity index (χ0v) is 17.2. The first-order valence-electron chi connectivity index (χ1n) is 9.95. The van der Waals surface area contributed by atoms with E-state index in [1.54, 1.807) is 6.92 Å². The first kappa shape index (κ1) is 21.0. The number of benzene rings is 2. The molecule has 1 aliphatic carbocycles. The number of anilines is 1. The highest BCUT2D eigenvalue weighted by Crippen LogP contribution is 2.44. The van der Waals surface area contributed by atoms with Crippen molar-refractivity contribution in [1.29, 1.82) is 0 Å². The van der Waals surface area contributed by atoms with Crippen LogP contribution in [0, 0.1) is 6.92 Å². The van der Waals surface area contributed by atoms with Gasteiger partial charge in [0.1, 0.15) is 18.5 Å². The molecule has 4 N–H and O–H groups in total. The Kier molecular flexibility index (Phi) is 5.84. The van der Waals surface area contributed by atoms with Gasteiger partial charge in [0.2, 0.25) is 11.9 Å². The number of aliphatic carboxylic acids is 1. The van der Waals surface area contributed by atoms with Crippen molar-refractivity contribution in [1.82, 2.24) is 20.5 Å². The fourth-order valence-electron chi connectivity index (χ4n) is 3.76. The van der Waals surface area contributed by atoms with Crippen LogP contribution in [-0.4, -0.2) is 50.9 Å². The molecule has 1 unspecified atom stereocenters. The average molecular weight is 435 g/mol. The first-order valence-corrected chi connectivity index (χ1v) is 9.95. The SMILES string of the molecule is Cc1nc(NC(=O)C(CC(=O)O)NC(=O)OCC2c3ccccc3-c3ccccc32)n[nH]1. The lowest BCUT2D eigenvalue weighted by atomic mass is 9.98. The Bertz CT molecular complexity index is 1130. The van der Waals surface area contributed by atoms with E-state index in [0.717, 1.165) is 22.3 Å². The lowest BCUT2D eigenvalue weighted by Crippen LogP contribution is -2.45. The number of nitrogens with zero attached hydrogens (tertiary/aromatic N) is 2. The van der Waals surface area contributed by atoms with Gasteiger partial charge in [-0.05, 0) is 29.2 Å². The van der Waals surface area contributed by atoms with Gasteiger partial charge in [0.15, 0.2) is 0 Å². The molecule has 0 saturated carbocycles. The summed E-state index contributed by atoms with van der Waals surface area (Å²) in [4.78, 5) is 40.0. The zero-order chi connectivity index (χ0) is 22.7. The predicted octanol–water partition coefficient (Wildman–Crippen LogP) is 2.43. The number of ether oxygens (including phenoxy) is 1. The highest BCUT2D eigenvalue weighted by Gasteiger charge is 2.30. The number of fused-ring (bicyclic) bond motifs is 3. The van der Waals surface area contributed by atoms with Crippen LogP contribution in [-0.2, 0) is 14.3 Å². The second kappa shape index (κ2) is 8.88. The summed E-state index contributed by atoms with van der Waals surface area (Å²) in [7, 11) is 0. The van der Waals surface area contributed by atoms with Gasteiger partial charge in [-0.15, -0.1) is 5.10 Å². The topological polar surface area (TPSA) is 146 Å². The van der Waals surface area contributed by atoms with E-state index in [-0.39, 0.29) is 18.5 Å². The zero-order valence-electron chi connectivity index (χ0n) is 17.2. The number of rotatable bonds is 7. The number of aromatic amines is 1. The van der Waals surface area contributed by atoms with Gasteiger partial charge < -0.3 is 15.2 Å². The minimum atomic E-state index is -1.36. The molecule has 2 aromatic carbocycles. The van der Waals surface area contributed by atoms with Crippen LogP contribution in [0.3, 0.4) is 0 Å². The van der Waals surface area contributed by atoms with Crippen LogP contribution in [0.5, 0.6) is 0 Å². The maximum atomic E-state index is 12.4. The number of hydrogen-bond donors (Lipinski definition) is 4. The third-order valence-corrected chi connectivity index (χ3v) is 5.16. The molecule has 0 radical (unpaired) electrons. The van der Waals surface area contributed by atoms with Crippen molar-refractivity contribution < 1.29 is 24.2 Å². The molecule has 3 aromatic rings. The summed E-state index contributed by atoms with van der Waals surface area (Å²) >= 11 is 0. The van der Waals surface area contributed by atoms with Crippen LogP contribution in [0.1, 0.15) is 29.3 Å². The number of aromatic nitrogens is 3. The fourth-order valence-corrected chi connectivity index (χ4v) is 3.76. The Morgan fingerprint density at radius 3 is 2.28 bits per heavy atom. The average Bonchev–Trinajstić information content (AvgIpc) is 3.32. The Morgan fingerprint density at radius 1 is 1.09 bits per heavy atom. The number of nitrogens with one attached hydrogen (secondary N) is 3. The van der Waals surface area contributed by atoms with Crippen LogP contribution in [0.4, 0.5) is 10.7 Å². The molecular weight excluding hydrogens is 414 g/mol. The Morgan fingerprint density at radius 2 is 1.72 bits per heavy atom. The monoisotopic (exact) mass is 435 g/mol. The molecule has 1 atom stereocenters. The lowest BCUT2D eigenvalue weighted by Gasteiger charge is -2.18. The minimum absolute atomic E-state index is 0.0165. The number of aryl methyl sites for hydroxylation is 1. The van der Waals surface area contributed by atoms with Crippen molar-refractivity contribution in [2.75, 3.05) is 11.9 Å². The maximum Gasteiger partial charge on any atom is 0.407 e. The normalized spacial score (nSPS) is 13.0. The number of hydrogen-bond acceptors (Lipinski definition) is 6. The molecule has 1 heterocycles. The molecular formula is C22H21N5O5. The molecule has 10 heteroatoms. The van der Waals surface area contributed by atoms with Gasteiger partial charge in [-0.1, -0.05) is 48.5 Å². The second-order valence-corrected chi connectivity index (χ2v) is 7.35. The van der Waals surface area contributed by atoms with Gasteiger partial charge in [0.25, 0.3) is 0 Å². The summed E-state index contributed by atoms with van der Waals surface area (Å²) in [5.74, 6) is -1.72. The highest BCUT2D eigenvalue weighted by atomic mass is 16.5. The van der Waals surface area contributed by atoms with Gasteiger partial charge in [-0.3, -0.25) is 20.0 Å². The smallest absolute Gasteiger partial charge is 0.407 e. The molecule has 1 aromatic heterocycles. The Hall–Kier alpha value is -4.21. The van der Waals surface area contributed by atoms with Gasteiger partial charge in [-0.2, -0.15) is 4.98 Å². The number of amides is 2. The number of alkyl carbamates (subject to hydrolysis) is 1. The molecule has 10 nitrogen and oxygen atoms in total. The van der Waals surface area contributed by atoms with E-state index in [2.05, 4.69) is 25.8 Å². The predicted molar refractivity (Wildman–Crippen MR) is 114 cm³/mol. The second-order valence-electron chi connectivity index (χ2n) is 7.35. The maximum absolute atomic E-state index is 12.4. The standard InChI is InChI=1S/C22H21N5O5/c1-12-23-21(27-26-12)25-20(30)18(10-19(28)29)24-22(31)32-11-17-15-8-4-2-6-13(15)14-7-3-5-9-16(14)17/h2-9,17-18H,10-11H2,1H3,(H,24,31)(H,28,29)(H2,23,25,26,27,30). The van der Waals surface area contributed by atoms with Gasteiger partial charge in [0.05, 0.1) is 6.42 Å². The van der Waals surface area contributed by atoms with Crippen LogP contribution in [0.2, 0.25) is 0 Å². The van der Waals surface area contributed by atoms with Gasteiger partial charge >= 0.3 is 12.1 Å². The summed E-state index contributed by atoms with van der Waals surface area (Å²) in [5.41, 5.74) is 4.26. The van der Waals surface area contributed by atoms with E-state index < -0.39 is 30.4 Å². The quantitative estimate of drug-likeness (QED) is 0.446. The largest absolute Gasteiger partial charge is 0.481 e. The molecule has 32 heavy (non-hydrogen) atoms. The van der Waals surface area contributed by atoms with E-state index in [0.29, 0.717) is 5.82 Å². The Labute approximate surface area is 183 Å². The number of carbonyl (C=O) groups excluding carboxylic acids is 2. The van der Waals surface area contributed by atoms with Gasteiger partial charge in [-0.25, -0.2) is 4.79 Å². The van der Waals surface area contributed by atoms with Crippen molar-refractivity contribution in [3.8, 4) is 11.1 Å². The fraction of sp³-hybridized carbons (Fsp3) is 0.227. The van der Waals surface area contributed by atoms with Gasteiger partial charge in [0, 0.05) is 5.92 Å². The molecule has 4 rings (SSSR count). The van der Waals surface area contributed by atoms with E-state index in [4.69, 9.17) is 9.84 Å². The van der Waals surface area contributed by atoms with Crippen molar-refractivity contribution in [2.45, 2.75) is 25.3 Å². The van der Waals surface area contributed by atoms with Crippen molar-refractivity contribution in [3.63, 3.8) is 0 Å². The van der Waals surface area contributed by atoms with E-state index in [1.165, 1.54) is 0 Å².